The normalized spacial score (nSPS) is 14.6. The minimum atomic E-state index is -0.565. The van der Waals surface area contributed by atoms with E-state index in [4.69, 9.17) is 4.74 Å². The Hall–Kier alpha value is -5.40. The monoisotopic (exact) mass is 550 g/mol. The predicted octanol–water partition coefficient (Wildman–Crippen LogP) is 9.82. The highest BCUT2D eigenvalue weighted by molar-refractivity contribution is 6.19. The van der Waals surface area contributed by atoms with Crippen molar-refractivity contribution in [1.82, 2.24) is 0 Å². The van der Waals surface area contributed by atoms with Crippen LogP contribution in [0, 0.1) is 0 Å². The molecule has 0 heterocycles. The summed E-state index contributed by atoms with van der Waals surface area (Å²) in [4.78, 5) is 0. The van der Waals surface area contributed by atoms with E-state index < -0.39 is 5.41 Å². The Morgan fingerprint density at radius 3 is 1.51 bits per heavy atom. The van der Waals surface area contributed by atoms with Crippen LogP contribution in [0.15, 0.2) is 169 Å². The SMILES string of the molecule is COc1ccc2c(c1)C1=C(c3ccccc3)c3ccccc3C(c3ccccc3)(c3ccccc3)C1=C2c1ccccc1. The van der Waals surface area contributed by atoms with E-state index in [0.29, 0.717) is 0 Å². The predicted molar refractivity (Wildman–Crippen MR) is 177 cm³/mol. The molecule has 43 heavy (non-hydrogen) atoms. The third kappa shape index (κ3) is 3.72. The molecule has 2 aliphatic carbocycles. The molecule has 1 nitrogen and oxygen atoms in total. The molecule has 0 unspecified atom stereocenters. The van der Waals surface area contributed by atoms with E-state index in [9.17, 15) is 0 Å². The molecule has 0 bridgehead atoms. The van der Waals surface area contributed by atoms with Gasteiger partial charge in [-0.1, -0.05) is 152 Å². The van der Waals surface area contributed by atoms with Crippen LogP contribution in [0.25, 0.3) is 16.7 Å². The van der Waals surface area contributed by atoms with Gasteiger partial charge in [0, 0.05) is 0 Å². The topological polar surface area (TPSA) is 9.23 Å². The molecule has 0 saturated carbocycles. The maximum Gasteiger partial charge on any atom is 0.119 e. The summed E-state index contributed by atoms with van der Waals surface area (Å²) < 4.78 is 5.85. The number of rotatable bonds is 5. The van der Waals surface area contributed by atoms with Gasteiger partial charge in [0.25, 0.3) is 0 Å². The maximum atomic E-state index is 5.85. The second-order valence-electron chi connectivity index (χ2n) is 11.2. The van der Waals surface area contributed by atoms with E-state index in [-0.39, 0.29) is 0 Å². The number of allylic oxidation sites excluding steroid dienone is 2. The first kappa shape index (κ1) is 25.3. The Morgan fingerprint density at radius 1 is 0.419 bits per heavy atom. The van der Waals surface area contributed by atoms with Gasteiger partial charge in [0.2, 0.25) is 0 Å². The molecule has 0 aliphatic heterocycles. The average molecular weight is 551 g/mol. The van der Waals surface area contributed by atoms with Crippen LogP contribution in [-0.2, 0) is 5.41 Å². The number of fused-ring (bicyclic) bond motifs is 4. The van der Waals surface area contributed by atoms with Crippen molar-refractivity contribution in [3.8, 4) is 5.75 Å². The standard InChI is InChI=1S/C42H30O/c1-43-33-26-27-34-36(28-33)40-38(29-16-6-2-7-17-29)35-24-14-15-25-37(35)42(31-20-10-4-11-21-31,32-22-12-5-13-23-32)41(40)39(34)30-18-8-3-9-19-30/h2-28H,1H3. The zero-order chi connectivity index (χ0) is 28.8. The minimum Gasteiger partial charge on any atom is -0.497 e. The summed E-state index contributed by atoms with van der Waals surface area (Å²) >= 11 is 0. The van der Waals surface area contributed by atoms with Gasteiger partial charge in [0.15, 0.2) is 0 Å². The molecule has 8 rings (SSSR count). The third-order valence-corrected chi connectivity index (χ3v) is 9.03. The van der Waals surface area contributed by atoms with Gasteiger partial charge < -0.3 is 4.74 Å². The Bertz CT molecular complexity index is 1980. The van der Waals surface area contributed by atoms with Crippen molar-refractivity contribution in [1.29, 1.82) is 0 Å². The molecule has 0 saturated heterocycles. The lowest BCUT2D eigenvalue weighted by molar-refractivity contribution is 0.414. The number of ether oxygens (including phenoxy) is 1. The summed E-state index contributed by atoms with van der Waals surface area (Å²) in [6.45, 7) is 0. The van der Waals surface area contributed by atoms with E-state index in [1.807, 2.05) is 0 Å². The second kappa shape index (κ2) is 10.2. The molecule has 0 N–H and O–H groups in total. The van der Waals surface area contributed by atoms with Crippen LogP contribution < -0.4 is 4.74 Å². The van der Waals surface area contributed by atoms with Crippen molar-refractivity contribution in [2.75, 3.05) is 7.11 Å². The summed E-state index contributed by atoms with van der Waals surface area (Å²) in [5.41, 5.74) is 14.4. The molecule has 1 heteroatoms. The van der Waals surface area contributed by atoms with Gasteiger partial charge >= 0.3 is 0 Å². The fourth-order valence-electron chi connectivity index (χ4n) is 7.35. The van der Waals surface area contributed by atoms with Gasteiger partial charge in [0.1, 0.15) is 5.75 Å². The lowest BCUT2D eigenvalue weighted by Gasteiger charge is -2.44. The average Bonchev–Trinajstić information content (AvgIpc) is 3.43. The van der Waals surface area contributed by atoms with Gasteiger partial charge in [-0.3, -0.25) is 0 Å². The molecule has 0 atom stereocenters. The molecule has 2 aliphatic rings. The molecule has 0 aromatic heterocycles. The van der Waals surface area contributed by atoms with Crippen LogP contribution in [0.3, 0.4) is 0 Å². The van der Waals surface area contributed by atoms with Crippen LogP contribution in [0.4, 0.5) is 0 Å². The molecular formula is C42H30O. The lowest BCUT2D eigenvalue weighted by atomic mass is 9.57. The summed E-state index contributed by atoms with van der Waals surface area (Å²) in [6, 6.07) is 59.5. The van der Waals surface area contributed by atoms with Crippen LogP contribution in [0.5, 0.6) is 5.75 Å². The highest BCUT2D eigenvalue weighted by atomic mass is 16.5. The van der Waals surface area contributed by atoms with Crippen LogP contribution in [0.2, 0.25) is 0 Å². The molecule has 6 aromatic carbocycles. The molecule has 0 amide bonds. The molecule has 0 fully saturated rings. The van der Waals surface area contributed by atoms with Crippen molar-refractivity contribution in [3.63, 3.8) is 0 Å². The van der Waals surface area contributed by atoms with Crippen LogP contribution >= 0.6 is 0 Å². The van der Waals surface area contributed by atoms with Crippen molar-refractivity contribution in [2.24, 2.45) is 0 Å². The van der Waals surface area contributed by atoms with Gasteiger partial charge in [-0.25, -0.2) is 0 Å². The van der Waals surface area contributed by atoms with Crippen LogP contribution in [0.1, 0.15) is 44.5 Å². The van der Waals surface area contributed by atoms with Crippen molar-refractivity contribution < 1.29 is 4.74 Å². The molecular weight excluding hydrogens is 520 g/mol. The fraction of sp³-hybridized carbons (Fsp3) is 0.0476. The van der Waals surface area contributed by atoms with E-state index in [0.717, 1.165) is 5.75 Å². The number of benzene rings is 6. The fourth-order valence-corrected chi connectivity index (χ4v) is 7.35. The molecule has 6 aromatic rings. The van der Waals surface area contributed by atoms with E-state index >= 15 is 0 Å². The summed E-state index contributed by atoms with van der Waals surface area (Å²) in [5.74, 6) is 0.858. The Balaban J connectivity index is 1.66. The smallest absolute Gasteiger partial charge is 0.119 e. The Morgan fingerprint density at radius 2 is 0.930 bits per heavy atom. The summed E-state index contributed by atoms with van der Waals surface area (Å²) in [6.07, 6.45) is 0. The summed E-state index contributed by atoms with van der Waals surface area (Å²) in [5, 5.41) is 0. The highest BCUT2D eigenvalue weighted by Crippen LogP contribution is 2.63. The zero-order valence-corrected chi connectivity index (χ0v) is 24.0. The lowest BCUT2D eigenvalue weighted by Crippen LogP contribution is -2.36. The van der Waals surface area contributed by atoms with E-state index in [1.165, 1.54) is 66.8 Å². The van der Waals surface area contributed by atoms with Crippen molar-refractivity contribution >= 4 is 16.7 Å². The second-order valence-corrected chi connectivity index (χ2v) is 11.2. The summed E-state index contributed by atoms with van der Waals surface area (Å²) in [7, 11) is 1.75. The van der Waals surface area contributed by atoms with Gasteiger partial charge in [-0.15, -0.1) is 0 Å². The van der Waals surface area contributed by atoms with Gasteiger partial charge in [-0.2, -0.15) is 0 Å². The van der Waals surface area contributed by atoms with Gasteiger partial charge in [0.05, 0.1) is 12.5 Å². The number of methoxy groups -OCH3 is 1. The van der Waals surface area contributed by atoms with Crippen LogP contribution in [-0.4, -0.2) is 7.11 Å². The zero-order valence-electron chi connectivity index (χ0n) is 24.0. The molecule has 0 spiro atoms. The third-order valence-electron chi connectivity index (χ3n) is 9.03. The molecule has 0 radical (unpaired) electrons. The van der Waals surface area contributed by atoms with Gasteiger partial charge in [-0.05, 0) is 78.9 Å². The first-order valence-electron chi connectivity index (χ1n) is 14.8. The highest BCUT2D eigenvalue weighted by Gasteiger charge is 2.51. The Kier molecular flexibility index (Phi) is 5.98. The number of hydrogen-bond acceptors (Lipinski definition) is 1. The quantitative estimate of drug-likeness (QED) is 0.208. The maximum absolute atomic E-state index is 5.85. The Labute approximate surface area is 253 Å². The first-order valence-corrected chi connectivity index (χ1v) is 14.8. The van der Waals surface area contributed by atoms with Crippen molar-refractivity contribution in [3.05, 3.63) is 214 Å². The van der Waals surface area contributed by atoms with E-state index in [1.54, 1.807) is 7.11 Å². The minimum absolute atomic E-state index is 0.565. The largest absolute Gasteiger partial charge is 0.497 e. The molecule has 204 valence electrons. The first-order chi connectivity index (χ1) is 21.3. The van der Waals surface area contributed by atoms with Crippen molar-refractivity contribution in [2.45, 2.75) is 5.41 Å². The van der Waals surface area contributed by atoms with E-state index in [2.05, 4.69) is 164 Å². The number of hydrogen-bond donors (Lipinski definition) is 0.